The van der Waals surface area contributed by atoms with Crippen molar-refractivity contribution in [3.8, 4) is 11.1 Å². The van der Waals surface area contributed by atoms with E-state index in [-0.39, 0.29) is 23.9 Å². The van der Waals surface area contributed by atoms with E-state index in [0.717, 1.165) is 17.7 Å². The summed E-state index contributed by atoms with van der Waals surface area (Å²) < 4.78 is 18.8. The SMILES string of the molecule is O=C1OC[C@@H]2C(/C=C/c3ncc(-c4cccc(F)c4)cn3)C3CCCCC3CN12. The van der Waals surface area contributed by atoms with Crippen molar-refractivity contribution >= 4 is 12.2 Å². The highest BCUT2D eigenvalue weighted by Gasteiger charge is 2.48. The highest BCUT2D eigenvalue weighted by molar-refractivity contribution is 5.70. The number of carbonyl (C=O) groups excluding carboxylic acids is 1. The van der Waals surface area contributed by atoms with E-state index in [1.165, 1.54) is 37.8 Å². The molecule has 1 aliphatic carbocycles. The third-order valence-corrected chi connectivity index (χ3v) is 6.65. The van der Waals surface area contributed by atoms with Gasteiger partial charge >= 0.3 is 6.09 Å². The molecule has 6 heteroatoms. The zero-order chi connectivity index (χ0) is 19.8. The number of fused-ring (bicyclic) bond motifs is 2. The predicted molar refractivity (Wildman–Crippen MR) is 107 cm³/mol. The molecule has 29 heavy (non-hydrogen) atoms. The van der Waals surface area contributed by atoms with E-state index in [4.69, 9.17) is 4.74 Å². The standard InChI is InChI=1S/C23H24FN3O2/c24-18-6-3-5-15(10-18)17-11-25-22(26-12-17)9-8-20-19-7-2-1-4-16(19)13-27-21(20)14-29-23(27)28/h3,5-6,8-12,16,19-21H,1-2,4,7,13-14H2/b9-8+/t16?,19?,20?,21-/m1/s1. The van der Waals surface area contributed by atoms with Gasteiger partial charge in [-0.1, -0.05) is 31.1 Å². The molecule has 1 aromatic heterocycles. The molecule has 3 unspecified atom stereocenters. The summed E-state index contributed by atoms with van der Waals surface area (Å²) >= 11 is 0. The van der Waals surface area contributed by atoms with Crippen LogP contribution in [0.2, 0.25) is 0 Å². The van der Waals surface area contributed by atoms with E-state index in [1.54, 1.807) is 18.5 Å². The van der Waals surface area contributed by atoms with Gasteiger partial charge in [-0.2, -0.15) is 0 Å². The zero-order valence-corrected chi connectivity index (χ0v) is 16.2. The molecule has 3 heterocycles. The second-order valence-corrected chi connectivity index (χ2v) is 8.28. The molecule has 2 aliphatic heterocycles. The minimum Gasteiger partial charge on any atom is -0.447 e. The lowest BCUT2D eigenvalue weighted by Crippen LogP contribution is -2.52. The summed E-state index contributed by atoms with van der Waals surface area (Å²) in [6.45, 7) is 1.30. The summed E-state index contributed by atoms with van der Waals surface area (Å²) in [6, 6.07) is 6.54. The van der Waals surface area contributed by atoms with Gasteiger partial charge in [0, 0.05) is 30.4 Å². The van der Waals surface area contributed by atoms with E-state index in [2.05, 4.69) is 16.0 Å². The first-order valence-electron chi connectivity index (χ1n) is 10.4. The molecule has 0 radical (unpaired) electrons. The minimum atomic E-state index is -0.274. The van der Waals surface area contributed by atoms with Crippen LogP contribution in [0.25, 0.3) is 17.2 Å². The van der Waals surface area contributed by atoms with Crippen molar-refractivity contribution in [3.63, 3.8) is 0 Å². The number of piperidine rings is 1. The Balaban J connectivity index is 1.37. The normalized spacial score (nSPS) is 28.9. The van der Waals surface area contributed by atoms with Crippen molar-refractivity contribution in [2.75, 3.05) is 13.2 Å². The van der Waals surface area contributed by atoms with Crippen LogP contribution in [0.1, 0.15) is 31.5 Å². The number of benzene rings is 1. The first kappa shape index (κ1) is 18.3. The number of ether oxygens (including phenoxy) is 1. The van der Waals surface area contributed by atoms with Crippen LogP contribution in [0.3, 0.4) is 0 Å². The number of nitrogens with zero attached hydrogens (tertiary/aromatic N) is 3. The molecule has 1 aromatic carbocycles. The highest BCUT2D eigenvalue weighted by atomic mass is 19.1. The Morgan fingerprint density at radius 1 is 1.14 bits per heavy atom. The summed E-state index contributed by atoms with van der Waals surface area (Å²) in [5, 5.41) is 0. The van der Waals surface area contributed by atoms with E-state index < -0.39 is 0 Å². The average Bonchev–Trinajstić information content (AvgIpc) is 3.12. The quantitative estimate of drug-likeness (QED) is 0.768. The molecular formula is C23H24FN3O2. The van der Waals surface area contributed by atoms with Crippen molar-refractivity contribution in [2.45, 2.75) is 31.7 Å². The molecule has 5 rings (SSSR count). The van der Waals surface area contributed by atoms with Crippen LogP contribution in [-0.2, 0) is 4.74 Å². The Hall–Kier alpha value is -2.76. The summed E-state index contributed by atoms with van der Waals surface area (Å²) in [7, 11) is 0. The first-order valence-corrected chi connectivity index (χ1v) is 10.4. The number of amides is 1. The Kier molecular flexibility index (Phi) is 4.78. The van der Waals surface area contributed by atoms with Gasteiger partial charge in [0.1, 0.15) is 12.4 Å². The Morgan fingerprint density at radius 2 is 1.97 bits per heavy atom. The Morgan fingerprint density at radius 3 is 2.79 bits per heavy atom. The van der Waals surface area contributed by atoms with Crippen LogP contribution >= 0.6 is 0 Å². The number of halogens is 1. The van der Waals surface area contributed by atoms with E-state index in [1.807, 2.05) is 17.0 Å². The van der Waals surface area contributed by atoms with Gasteiger partial charge in [-0.25, -0.2) is 19.2 Å². The number of hydrogen-bond donors (Lipinski definition) is 0. The van der Waals surface area contributed by atoms with Gasteiger partial charge in [-0.15, -0.1) is 0 Å². The topological polar surface area (TPSA) is 55.3 Å². The van der Waals surface area contributed by atoms with Gasteiger partial charge in [0.05, 0.1) is 6.04 Å². The molecule has 0 bridgehead atoms. The molecular weight excluding hydrogens is 369 g/mol. The van der Waals surface area contributed by atoms with Crippen LogP contribution in [0, 0.1) is 23.6 Å². The van der Waals surface area contributed by atoms with Crippen molar-refractivity contribution in [1.29, 1.82) is 0 Å². The van der Waals surface area contributed by atoms with Crippen LogP contribution < -0.4 is 0 Å². The van der Waals surface area contributed by atoms with Gasteiger partial charge < -0.3 is 9.64 Å². The lowest BCUT2D eigenvalue weighted by molar-refractivity contribution is 0.0472. The van der Waals surface area contributed by atoms with Crippen LogP contribution in [-0.4, -0.2) is 40.2 Å². The Bertz CT molecular complexity index is 930. The largest absolute Gasteiger partial charge is 0.447 e. The third-order valence-electron chi connectivity index (χ3n) is 6.65. The van der Waals surface area contributed by atoms with Crippen molar-refractivity contribution < 1.29 is 13.9 Å². The fourth-order valence-corrected chi connectivity index (χ4v) is 5.21. The fourth-order valence-electron chi connectivity index (χ4n) is 5.21. The van der Waals surface area contributed by atoms with Gasteiger partial charge in [0.15, 0.2) is 5.82 Å². The second kappa shape index (κ2) is 7.58. The van der Waals surface area contributed by atoms with Crippen molar-refractivity contribution in [2.24, 2.45) is 17.8 Å². The van der Waals surface area contributed by atoms with Gasteiger partial charge in [-0.05, 0) is 48.4 Å². The molecule has 3 aliphatic rings. The van der Waals surface area contributed by atoms with Crippen molar-refractivity contribution in [1.82, 2.24) is 14.9 Å². The molecule has 0 N–H and O–H groups in total. The molecule has 1 saturated carbocycles. The maximum absolute atomic E-state index is 13.4. The lowest BCUT2D eigenvalue weighted by atomic mass is 9.67. The maximum atomic E-state index is 13.4. The van der Waals surface area contributed by atoms with Gasteiger partial charge in [0.25, 0.3) is 0 Å². The molecule has 5 nitrogen and oxygen atoms in total. The van der Waals surface area contributed by atoms with Gasteiger partial charge in [-0.3, -0.25) is 0 Å². The predicted octanol–water partition coefficient (Wildman–Crippen LogP) is 4.55. The Labute approximate surface area is 169 Å². The third kappa shape index (κ3) is 3.52. The summed E-state index contributed by atoms with van der Waals surface area (Å²) in [5.41, 5.74) is 1.54. The minimum absolute atomic E-state index is 0.115. The number of carbonyl (C=O) groups is 1. The maximum Gasteiger partial charge on any atom is 0.410 e. The van der Waals surface area contributed by atoms with E-state index >= 15 is 0 Å². The van der Waals surface area contributed by atoms with E-state index in [9.17, 15) is 9.18 Å². The monoisotopic (exact) mass is 393 g/mol. The van der Waals surface area contributed by atoms with Crippen LogP contribution in [0.5, 0.6) is 0 Å². The number of aromatic nitrogens is 2. The molecule has 2 saturated heterocycles. The molecule has 3 fully saturated rings. The van der Waals surface area contributed by atoms with Crippen LogP contribution in [0.15, 0.2) is 42.7 Å². The number of cyclic esters (lactones) is 1. The van der Waals surface area contributed by atoms with Crippen molar-refractivity contribution in [3.05, 3.63) is 54.4 Å². The van der Waals surface area contributed by atoms with Crippen LogP contribution in [0.4, 0.5) is 9.18 Å². The number of rotatable bonds is 3. The molecule has 2 aromatic rings. The second-order valence-electron chi connectivity index (χ2n) is 8.28. The summed E-state index contributed by atoms with van der Waals surface area (Å²) in [5.74, 6) is 1.76. The first-order chi connectivity index (χ1) is 14.2. The number of hydrogen-bond acceptors (Lipinski definition) is 4. The molecule has 4 atom stereocenters. The zero-order valence-electron chi connectivity index (χ0n) is 16.2. The van der Waals surface area contributed by atoms with E-state index in [0.29, 0.717) is 24.3 Å². The lowest BCUT2D eigenvalue weighted by Gasteiger charge is -2.46. The molecule has 1 amide bonds. The highest BCUT2D eigenvalue weighted by Crippen LogP contribution is 2.44. The average molecular weight is 393 g/mol. The summed E-state index contributed by atoms with van der Waals surface area (Å²) in [6.07, 6.45) is 12.3. The summed E-state index contributed by atoms with van der Waals surface area (Å²) in [4.78, 5) is 22.9. The smallest absolute Gasteiger partial charge is 0.410 e. The fraction of sp³-hybridized carbons (Fsp3) is 0.435. The molecule has 0 spiro atoms. The van der Waals surface area contributed by atoms with Gasteiger partial charge in [0.2, 0.25) is 0 Å². The molecule has 150 valence electrons.